The van der Waals surface area contributed by atoms with Gasteiger partial charge in [-0.25, -0.2) is 4.98 Å². The number of nitrogens with zero attached hydrogens (tertiary/aromatic N) is 2. The maximum absolute atomic E-state index is 12.1. The van der Waals surface area contributed by atoms with E-state index in [0.29, 0.717) is 5.56 Å². The molecule has 0 bridgehead atoms. The highest BCUT2D eigenvalue weighted by molar-refractivity contribution is 5.62. The third kappa shape index (κ3) is 3.79. The number of hydrogen-bond acceptors (Lipinski definition) is 3. The first-order valence-electron chi connectivity index (χ1n) is 7.53. The number of nitrogens with one attached hydrogen (secondary N) is 1. The maximum atomic E-state index is 12.1. The van der Waals surface area contributed by atoms with E-state index in [1.165, 1.54) is 0 Å². The zero-order chi connectivity index (χ0) is 15.2. The number of rotatable bonds is 6. The van der Waals surface area contributed by atoms with Crippen molar-refractivity contribution in [2.45, 2.75) is 27.2 Å². The molecule has 0 aliphatic rings. The second-order valence-corrected chi connectivity index (χ2v) is 5.13. The fourth-order valence-electron chi connectivity index (χ4n) is 2.38. The third-order valence-electron chi connectivity index (χ3n) is 3.81. The van der Waals surface area contributed by atoms with Crippen LogP contribution in [0.1, 0.15) is 25.2 Å². The van der Waals surface area contributed by atoms with Crippen molar-refractivity contribution < 1.29 is 0 Å². The first kappa shape index (κ1) is 15.4. The lowest BCUT2D eigenvalue weighted by atomic mass is 10.1. The summed E-state index contributed by atoms with van der Waals surface area (Å²) in [5.41, 5.74) is 2.41. The van der Waals surface area contributed by atoms with Gasteiger partial charge in [-0.3, -0.25) is 4.79 Å². The quantitative estimate of drug-likeness (QED) is 0.887. The molecule has 0 saturated heterocycles. The highest BCUT2D eigenvalue weighted by Crippen LogP contribution is 2.18. The minimum absolute atomic E-state index is 0.0431. The van der Waals surface area contributed by atoms with Crippen molar-refractivity contribution in [3.05, 3.63) is 52.1 Å². The van der Waals surface area contributed by atoms with Crippen LogP contribution in [-0.4, -0.2) is 34.5 Å². The Morgan fingerprint density at radius 2 is 1.81 bits per heavy atom. The van der Waals surface area contributed by atoms with E-state index < -0.39 is 0 Å². The summed E-state index contributed by atoms with van der Waals surface area (Å²) in [5, 5.41) is 0. The zero-order valence-electron chi connectivity index (χ0n) is 13.0. The molecular weight excluding hydrogens is 262 g/mol. The first-order valence-corrected chi connectivity index (χ1v) is 7.53. The van der Waals surface area contributed by atoms with Gasteiger partial charge in [-0.05, 0) is 20.0 Å². The summed E-state index contributed by atoms with van der Waals surface area (Å²) in [6.45, 7) is 9.04. The number of likely N-dealkylation sites (N-methyl/N-ethyl adjacent to an activating group) is 1. The Kier molecular flexibility index (Phi) is 5.28. The second-order valence-electron chi connectivity index (χ2n) is 5.13. The van der Waals surface area contributed by atoms with E-state index in [1.54, 1.807) is 0 Å². The minimum Gasteiger partial charge on any atom is -0.310 e. The number of aromatic amines is 1. The van der Waals surface area contributed by atoms with Gasteiger partial charge in [0.1, 0.15) is 5.82 Å². The maximum Gasteiger partial charge on any atom is 0.254 e. The lowest BCUT2D eigenvalue weighted by Gasteiger charge is -2.17. The highest BCUT2D eigenvalue weighted by Gasteiger charge is 2.10. The topological polar surface area (TPSA) is 49.0 Å². The Morgan fingerprint density at radius 1 is 1.14 bits per heavy atom. The Hall–Kier alpha value is -1.94. The van der Waals surface area contributed by atoms with Crippen LogP contribution in [0.15, 0.2) is 35.1 Å². The first-order chi connectivity index (χ1) is 10.2. The number of H-pyrrole nitrogens is 1. The number of aromatic nitrogens is 2. The third-order valence-corrected chi connectivity index (χ3v) is 3.81. The van der Waals surface area contributed by atoms with Crippen molar-refractivity contribution in [1.82, 2.24) is 14.9 Å². The van der Waals surface area contributed by atoms with Gasteiger partial charge in [-0.1, -0.05) is 44.2 Å². The van der Waals surface area contributed by atoms with E-state index >= 15 is 0 Å². The molecule has 4 nitrogen and oxygen atoms in total. The van der Waals surface area contributed by atoms with Crippen LogP contribution in [-0.2, 0) is 6.42 Å². The molecule has 0 atom stereocenters. The molecule has 1 heterocycles. The van der Waals surface area contributed by atoms with E-state index in [4.69, 9.17) is 0 Å². The molecule has 0 saturated carbocycles. The van der Waals surface area contributed by atoms with Crippen molar-refractivity contribution in [2.75, 3.05) is 19.6 Å². The molecule has 0 aliphatic heterocycles. The van der Waals surface area contributed by atoms with Gasteiger partial charge in [0.05, 0.1) is 5.69 Å². The van der Waals surface area contributed by atoms with E-state index in [-0.39, 0.29) is 5.56 Å². The van der Waals surface area contributed by atoms with Crippen molar-refractivity contribution >= 4 is 0 Å². The smallest absolute Gasteiger partial charge is 0.254 e. The predicted octanol–water partition coefficient (Wildman–Crippen LogP) is 2.63. The highest BCUT2D eigenvalue weighted by atomic mass is 16.1. The van der Waals surface area contributed by atoms with Gasteiger partial charge < -0.3 is 9.88 Å². The zero-order valence-corrected chi connectivity index (χ0v) is 13.0. The van der Waals surface area contributed by atoms with Crippen LogP contribution in [0.25, 0.3) is 11.3 Å². The van der Waals surface area contributed by atoms with E-state index in [0.717, 1.165) is 43.1 Å². The fourth-order valence-corrected chi connectivity index (χ4v) is 2.38. The van der Waals surface area contributed by atoms with Crippen LogP contribution in [0, 0.1) is 6.92 Å². The molecule has 0 amide bonds. The molecule has 1 aromatic heterocycles. The normalized spacial score (nSPS) is 11.0. The summed E-state index contributed by atoms with van der Waals surface area (Å²) >= 11 is 0. The van der Waals surface area contributed by atoms with Gasteiger partial charge >= 0.3 is 0 Å². The summed E-state index contributed by atoms with van der Waals surface area (Å²) in [5.74, 6) is 0.761. The van der Waals surface area contributed by atoms with Gasteiger partial charge in [0, 0.05) is 24.1 Å². The van der Waals surface area contributed by atoms with E-state index in [1.807, 2.05) is 37.3 Å². The Labute approximate surface area is 125 Å². The van der Waals surface area contributed by atoms with Crippen LogP contribution in [0.3, 0.4) is 0 Å². The van der Waals surface area contributed by atoms with Gasteiger partial charge in [0.2, 0.25) is 0 Å². The van der Waals surface area contributed by atoms with Gasteiger partial charge in [0.25, 0.3) is 5.56 Å². The molecule has 112 valence electrons. The van der Waals surface area contributed by atoms with E-state index in [9.17, 15) is 4.79 Å². The average Bonchev–Trinajstić information content (AvgIpc) is 2.52. The molecule has 2 rings (SSSR count). The Morgan fingerprint density at radius 3 is 2.43 bits per heavy atom. The lowest BCUT2D eigenvalue weighted by molar-refractivity contribution is 0.305. The van der Waals surface area contributed by atoms with Crippen molar-refractivity contribution in [3.63, 3.8) is 0 Å². The van der Waals surface area contributed by atoms with Crippen LogP contribution >= 0.6 is 0 Å². The summed E-state index contributed by atoms with van der Waals surface area (Å²) in [4.78, 5) is 22.0. The summed E-state index contributed by atoms with van der Waals surface area (Å²) in [6.07, 6.45) is 0.761. The molecule has 21 heavy (non-hydrogen) atoms. The standard InChI is InChI=1S/C17H23N3O/c1-4-20(5-2)12-11-15-18-16(13(3)17(21)19-15)14-9-7-6-8-10-14/h6-10H,4-5,11-12H2,1-3H3,(H,18,19,21). The van der Waals surface area contributed by atoms with Gasteiger partial charge in [0.15, 0.2) is 0 Å². The summed E-state index contributed by atoms with van der Waals surface area (Å²) in [7, 11) is 0. The molecule has 0 spiro atoms. The van der Waals surface area contributed by atoms with Crippen LogP contribution in [0.2, 0.25) is 0 Å². The lowest BCUT2D eigenvalue weighted by Crippen LogP contribution is -2.27. The molecule has 0 aliphatic carbocycles. The summed E-state index contributed by atoms with van der Waals surface area (Å²) in [6, 6.07) is 9.87. The molecule has 1 N–H and O–H groups in total. The second kappa shape index (κ2) is 7.18. The Bertz CT molecular complexity index is 630. The molecular formula is C17H23N3O. The molecule has 4 heteroatoms. The Balaban J connectivity index is 2.29. The molecule has 0 radical (unpaired) electrons. The van der Waals surface area contributed by atoms with Crippen LogP contribution < -0.4 is 5.56 Å². The molecule has 0 unspecified atom stereocenters. The average molecular weight is 285 g/mol. The van der Waals surface area contributed by atoms with Crippen molar-refractivity contribution in [1.29, 1.82) is 0 Å². The van der Waals surface area contributed by atoms with Gasteiger partial charge in [-0.2, -0.15) is 0 Å². The summed E-state index contributed by atoms with van der Waals surface area (Å²) < 4.78 is 0. The monoisotopic (exact) mass is 285 g/mol. The minimum atomic E-state index is -0.0431. The predicted molar refractivity (Wildman–Crippen MR) is 86.5 cm³/mol. The van der Waals surface area contributed by atoms with Crippen LogP contribution in [0.5, 0.6) is 0 Å². The largest absolute Gasteiger partial charge is 0.310 e. The van der Waals surface area contributed by atoms with Crippen molar-refractivity contribution in [3.8, 4) is 11.3 Å². The van der Waals surface area contributed by atoms with Crippen LogP contribution in [0.4, 0.5) is 0 Å². The molecule has 1 aromatic carbocycles. The molecule has 0 fully saturated rings. The molecule has 2 aromatic rings. The fraction of sp³-hybridized carbons (Fsp3) is 0.412. The number of hydrogen-bond donors (Lipinski definition) is 1. The SMILES string of the molecule is CCN(CC)CCc1nc(-c2ccccc2)c(C)c(=O)[nH]1. The van der Waals surface area contributed by atoms with Crippen molar-refractivity contribution in [2.24, 2.45) is 0 Å². The van der Waals surface area contributed by atoms with Gasteiger partial charge in [-0.15, -0.1) is 0 Å². The number of benzene rings is 1. The van der Waals surface area contributed by atoms with E-state index in [2.05, 4.69) is 28.7 Å².